The molecular weight excluding hydrogens is 268 g/mol. The number of aromatic nitrogens is 1. The van der Waals surface area contributed by atoms with Crippen LogP contribution in [0.5, 0.6) is 0 Å². The minimum Gasteiger partial charge on any atom is -0.460 e. The van der Waals surface area contributed by atoms with E-state index in [1.807, 2.05) is 19.9 Å². The van der Waals surface area contributed by atoms with E-state index in [1.165, 1.54) is 10.6 Å². The zero-order valence-electron chi connectivity index (χ0n) is 12.1. The number of carbonyl (C=O) groups excluding carboxylic acids is 1. The lowest BCUT2D eigenvalue weighted by Gasteiger charge is -2.10. The Bertz CT molecular complexity index is 720. The van der Waals surface area contributed by atoms with E-state index in [0.717, 1.165) is 11.1 Å². The van der Waals surface area contributed by atoms with Gasteiger partial charge >= 0.3 is 5.97 Å². The third-order valence-electron chi connectivity index (χ3n) is 3.30. The van der Waals surface area contributed by atoms with Crippen LogP contribution < -0.4 is 11.3 Å². The summed E-state index contributed by atoms with van der Waals surface area (Å²) >= 11 is 0. The SMILES string of the molecule is Cc1cc(C)c(C(=O)OCCn2ccccc2=O)cc1N. The van der Waals surface area contributed by atoms with Crippen LogP contribution in [0.4, 0.5) is 5.69 Å². The van der Waals surface area contributed by atoms with Gasteiger partial charge < -0.3 is 15.0 Å². The van der Waals surface area contributed by atoms with Gasteiger partial charge in [0.25, 0.3) is 5.56 Å². The highest BCUT2D eigenvalue weighted by atomic mass is 16.5. The number of pyridine rings is 1. The zero-order chi connectivity index (χ0) is 15.4. The third kappa shape index (κ3) is 3.51. The molecule has 110 valence electrons. The maximum atomic E-state index is 12.0. The summed E-state index contributed by atoms with van der Waals surface area (Å²) in [5, 5.41) is 0. The van der Waals surface area contributed by atoms with Crippen molar-refractivity contribution < 1.29 is 9.53 Å². The Morgan fingerprint density at radius 3 is 2.71 bits per heavy atom. The molecule has 5 heteroatoms. The smallest absolute Gasteiger partial charge is 0.338 e. The van der Waals surface area contributed by atoms with Gasteiger partial charge in [-0.3, -0.25) is 4.79 Å². The minimum atomic E-state index is -0.428. The predicted molar refractivity (Wildman–Crippen MR) is 81.3 cm³/mol. The van der Waals surface area contributed by atoms with Gasteiger partial charge in [-0.05, 0) is 37.1 Å². The average molecular weight is 286 g/mol. The fraction of sp³-hybridized carbons (Fsp3) is 0.250. The maximum Gasteiger partial charge on any atom is 0.338 e. The summed E-state index contributed by atoms with van der Waals surface area (Å²) in [5.74, 6) is -0.428. The van der Waals surface area contributed by atoms with Gasteiger partial charge in [-0.1, -0.05) is 12.1 Å². The number of aryl methyl sites for hydroxylation is 2. The second-order valence-corrected chi connectivity index (χ2v) is 4.89. The number of nitrogens with zero attached hydrogens (tertiary/aromatic N) is 1. The fourth-order valence-corrected chi connectivity index (χ4v) is 2.05. The second kappa shape index (κ2) is 6.26. The molecule has 1 heterocycles. The van der Waals surface area contributed by atoms with Crippen molar-refractivity contribution in [2.45, 2.75) is 20.4 Å². The summed E-state index contributed by atoms with van der Waals surface area (Å²) in [7, 11) is 0. The van der Waals surface area contributed by atoms with Gasteiger partial charge in [-0.25, -0.2) is 4.79 Å². The van der Waals surface area contributed by atoms with Crippen LogP contribution in [0.25, 0.3) is 0 Å². The molecule has 0 radical (unpaired) electrons. The van der Waals surface area contributed by atoms with Crippen LogP contribution in [0.2, 0.25) is 0 Å². The number of benzene rings is 1. The molecule has 1 aromatic heterocycles. The van der Waals surface area contributed by atoms with Gasteiger partial charge in [0.05, 0.1) is 12.1 Å². The molecule has 0 amide bonds. The van der Waals surface area contributed by atoms with E-state index < -0.39 is 5.97 Å². The first-order chi connectivity index (χ1) is 9.99. The summed E-state index contributed by atoms with van der Waals surface area (Å²) in [4.78, 5) is 23.5. The lowest BCUT2D eigenvalue weighted by molar-refractivity contribution is 0.0489. The number of carbonyl (C=O) groups is 1. The molecule has 1 aromatic carbocycles. The summed E-state index contributed by atoms with van der Waals surface area (Å²) in [6.07, 6.45) is 1.66. The van der Waals surface area contributed by atoms with Crippen LogP contribution in [0, 0.1) is 13.8 Å². The first kappa shape index (κ1) is 14.8. The maximum absolute atomic E-state index is 12.0. The van der Waals surface area contributed by atoms with Gasteiger partial charge in [-0.2, -0.15) is 0 Å². The van der Waals surface area contributed by atoms with Crippen molar-refractivity contribution in [1.82, 2.24) is 4.57 Å². The molecule has 0 fully saturated rings. The molecular formula is C16H18N2O3. The van der Waals surface area contributed by atoms with Gasteiger partial charge in [0.15, 0.2) is 0 Å². The number of hydrogen-bond acceptors (Lipinski definition) is 4. The van der Waals surface area contributed by atoms with Crippen molar-refractivity contribution in [2.75, 3.05) is 12.3 Å². The van der Waals surface area contributed by atoms with Gasteiger partial charge in [-0.15, -0.1) is 0 Å². The highest BCUT2D eigenvalue weighted by Crippen LogP contribution is 2.18. The normalized spacial score (nSPS) is 10.4. The van der Waals surface area contributed by atoms with Gasteiger partial charge in [0, 0.05) is 18.0 Å². The molecule has 2 aromatic rings. The van der Waals surface area contributed by atoms with Crippen molar-refractivity contribution in [3.05, 3.63) is 63.6 Å². The second-order valence-electron chi connectivity index (χ2n) is 4.89. The van der Waals surface area contributed by atoms with Crippen LogP contribution in [0.15, 0.2) is 41.3 Å². The molecule has 0 spiro atoms. The number of hydrogen-bond donors (Lipinski definition) is 1. The van der Waals surface area contributed by atoms with E-state index in [1.54, 1.807) is 24.4 Å². The molecule has 0 atom stereocenters. The van der Waals surface area contributed by atoms with Crippen LogP contribution in [0.3, 0.4) is 0 Å². The monoisotopic (exact) mass is 286 g/mol. The number of rotatable bonds is 4. The Morgan fingerprint density at radius 2 is 2.00 bits per heavy atom. The molecule has 0 bridgehead atoms. The minimum absolute atomic E-state index is 0.121. The molecule has 0 unspecified atom stereocenters. The Balaban J connectivity index is 2.01. The summed E-state index contributed by atoms with van der Waals surface area (Å²) in [6.45, 7) is 4.19. The number of esters is 1. The van der Waals surface area contributed by atoms with E-state index in [-0.39, 0.29) is 12.2 Å². The van der Waals surface area contributed by atoms with Crippen molar-refractivity contribution >= 4 is 11.7 Å². The summed E-state index contributed by atoms with van der Waals surface area (Å²) in [5.41, 5.74) is 8.46. The average Bonchev–Trinajstić information content (AvgIpc) is 2.44. The number of anilines is 1. The standard InChI is InChI=1S/C16H18N2O3/c1-11-9-12(2)14(17)10-13(11)16(20)21-8-7-18-6-4-3-5-15(18)19/h3-6,9-10H,7-8,17H2,1-2H3. The first-order valence-electron chi connectivity index (χ1n) is 6.68. The van der Waals surface area contributed by atoms with E-state index >= 15 is 0 Å². The van der Waals surface area contributed by atoms with E-state index in [0.29, 0.717) is 17.8 Å². The molecule has 5 nitrogen and oxygen atoms in total. The highest BCUT2D eigenvalue weighted by molar-refractivity contribution is 5.92. The Kier molecular flexibility index (Phi) is 4.42. The molecule has 0 aliphatic rings. The molecule has 0 saturated carbocycles. The van der Waals surface area contributed by atoms with Gasteiger partial charge in [0.2, 0.25) is 0 Å². The van der Waals surface area contributed by atoms with Crippen molar-refractivity contribution in [3.8, 4) is 0 Å². The van der Waals surface area contributed by atoms with Crippen LogP contribution in [-0.4, -0.2) is 17.1 Å². The Labute approximate surface area is 123 Å². The molecule has 0 aliphatic carbocycles. The first-order valence-corrected chi connectivity index (χ1v) is 6.68. The largest absolute Gasteiger partial charge is 0.460 e. The van der Waals surface area contributed by atoms with E-state index in [2.05, 4.69) is 0 Å². The summed E-state index contributed by atoms with van der Waals surface area (Å²) in [6, 6.07) is 8.37. The van der Waals surface area contributed by atoms with E-state index in [9.17, 15) is 9.59 Å². The molecule has 2 N–H and O–H groups in total. The lowest BCUT2D eigenvalue weighted by atomic mass is 10.0. The van der Waals surface area contributed by atoms with E-state index in [4.69, 9.17) is 10.5 Å². The Hall–Kier alpha value is -2.56. The molecule has 2 rings (SSSR count). The van der Waals surface area contributed by atoms with Gasteiger partial charge in [0.1, 0.15) is 6.61 Å². The lowest BCUT2D eigenvalue weighted by Crippen LogP contribution is -2.21. The van der Waals surface area contributed by atoms with Crippen LogP contribution >= 0.6 is 0 Å². The van der Waals surface area contributed by atoms with Crippen LogP contribution in [0.1, 0.15) is 21.5 Å². The summed E-state index contributed by atoms with van der Waals surface area (Å²) < 4.78 is 6.70. The molecule has 0 saturated heterocycles. The molecule has 21 heavy (non-hydrogen) atoms. The number of ether oxygens (including phenoxy) is 1. The predicted octanol–water partition coefficient (Wildman–Crippen LogP) is 1.90. The zero-order valence-corrected chi connectivity index (χ0v) is 12.1. The quantitative estimate of drug-likeness (QED) is 0.688. The van der Waals surface area contributed by atoms with Crippen molar-refractivity contribution in [1.29, 1.82) is 0 Å². The van der Waals surface area contributed by atoms with Crippen LogP contribution in [-0.2, 0) is 11.3 Å². The number of nitrogens with two attached hydrogens (primary N) is 1. The topological polar surface area (TPSA) is 74.3 Å². The number of nitrogen functional groups attached to an aromatic ring is 1. The van der Waals surface area contributed by atoms with Crippen molar-refractivity contribution in [2.24, 2.45) is 0 Å². The Morgan fingerprint density at radius 1 is 1.24 bits per heavy atom. The molecule has 0 aliphatic heterocycles. The fourth-order valence-electron chi connectivity index (χ4n) is 2.05. The third-order valence-corrected chi connectivity index (χ3v) is 3.30. The van der Waals surface area contributed by atoms with Crippen molar-refractivity contribution in [3.63, 3.8) is 0 Å². The highest BCUT2D eigenvalue weighted by Gasteiger charge is 2.12.